The van der Waals surface area contributed by atoms with Crippen molar-refractivity contribution in [2.24, 2.45) is 16.8 Å². The lowest BCUT2D eigenvalue weighted by molar-refractivity contribution is 0.245. The van der Waals surface area contributed by atoms with Gasteiger partial charge in [-0.05, 0) is 43.7 Å². The molecule has 1 atom stereocenters. The van der Waals surface area contributed by atoms with Crippen molar-refractivity contribution in [3.63, 3.8) is 0 Å². The standard InChI is InChI=1S/C17H30ClN3OS.HI/c1-5-19-17(20-11-14(8-9-22)10-13(2)3)21(4)12-15-6-7-16(18)23-15;/h6-7,13-14,22H,5,8-12H2,1-4H3,(H,19,20);1H. The minimum absolute atomic E-state index is 0. The molecule has 1 unspecified atom stereocenters. The molecule has 0 saturated carbocycles. The van der Waals surface area contributed by atoms with Crippen molar-refractivity contribution in [3.05, 3.63) is 21.3 Å². The SMILES string of the molecule is CCNC(=NCC(CCO)CC(C)C)N(C)Cc1ccc(Cl)s1.I. The molecule has 0 saturated heterocycles. The summed E-state index contributed by atoms with van der Waals surface area (Å²) >= 11 is 7.60. The lowest BCUT2D eigenvalue weighted by atomic mass is 9.94. The summed E-state index contributed by atoms with van der Waals surface area (Å²) < 4.78 is 0.815. The Morgan fingerprint density at radius 2 is 2.12 bits per heavy atom. The van der Waals surface area contributed by atoms with Gasteiger partial charge in [-0.25, -0.2) is 0 Å². The minimum atomic E-state index is 0. The van der Waals surface area contributed by atoms with Crippen molar-refractivity contribution in [1.29, 1.82) is 0 Å². The summed E-state index contributed by atoms with van der Waals surface area (Å²) in [6.45, 7) is 9.10. The molecule has 1 aromatic rings. The van der Waals surface area contributed by atoms with Gasteiger partial charge in [-0.15, -0.1) is 35.3 Å². The zero-order valence-electron chi connectivity index (χ0n) is 15.1. The van der Waals surface area contributed by atoms with E-state index < -0.39 is 0 Å². The van der Waals surface area contributed by atoms with E-state index in [1.807, 2.05) is 13.1 Å². The van der Waals surface area contributed by atoms with Crippen LogP contribution in [0.2, 0.25) is 4.34 Å². The number of rotatable bonds is 9. The molecule has 1 aromatic heterocycles. The molecule has 1 rings (SSSR count). The van der Waals surface area contributed by atoms with Crippen LogP contribution in [0.5, 0.6) is 0 Å². The fraction of sp³-hybridized carbons (Fsp3) is 0.706. The molecule has 4 nitrogen and oxygen atoms in total. The summed E-state index contributed by atoms with van der Waals surface area (Å²) in [5, 5.41) is 12.6. The number of aliphatic hydroxyl groups is 1. The van der Waals surface area contributed by atoms with E-state index in [0.29, 0.717) is 11.8 Å². The molecule has 1 heterocycles. The molecule has 0 spiro atoms. The maximum atomic E-state index is 9.24. The van der Waals surface area contributed by atoms with Crippen LogP contribution in [0, 0.1) is 11.8 Å². The predicted molar refractivity (Wildman–Crippen MR) is 117 cm³/mol. The molecule has 0 amide bonds. The van der Waals surface area contributed by atoms with E-state index in [4.69, 9.17) is 16.6 Å². The smallest absolute Gasteiger partial charge is 0.193 e. The third-order valence-electron chi connectivity index (χ3n) is 3.56. The number of halogens is 2. The van der Waals surface area contributed by atoms with Crippen molar-refractivity contribution < 1.29 is 5.11 Å². The molecule has 24 heavy (non-hydrogen) atoms. The second kappa shape index (κ2) is 13.2. The maximum Gasteiger partial charge on any atom is 0.193 e. The van der Waals surface area contributed by atoms with E-state index in [1.165, 1.54) is 4.88 Å². The van der Waals surface area contributed by atoms with E-state index in [1.54, 1.807) is 11.3 Å². The molecule has 0 aliphatic heterocycles. The number of hydrogen-bond donors (Lipinski definition) is 2. The van der Waals surface area contributed by atoms with Gasteiger partial charge in [0.15, 0.2) is 5.96 Å². The molecule has 140 valence electrons. The quantitative estimate of drug-likeness (QED) is 0.307. The van der Waals surface area contributed by atoms with Gasteiger partial charge in [-0.2, -0.15) is 0 Å². The fourth-order valence-corrected chi connectivity index (χ4v) is 3.70. The summed E-state index contributed by atoms with van der Waals surface area (Å²) in [6.07, 6.45) is 1.90. The highest BCUT2D eigenvalue weighted by Gasteiger charge is 2.13. The highest BCUT2D eigenvalue weighted by molar-refractivity contribution is 14.0. The van der Waals surface area contributed by atoms with Crippen molar-refractivity contribution in [3.8, 4) is 0 Å². The first kappa shape index (κ1) is 23.9. The van der Waals surface area contributed by atoms with Gasteiger partial charge >= 0.3 is 0 Å². The van der Waals surface area contributed by atoms with Gasteiger partial charge in [-0.1, -0.05) is 25.4 Å². The Bertz CT molecular complexity index is 482. The number of guanidine groups is 1. The summed E-state index contributed by atoms with van der Waals surface area (Å²) in [4.78, 5) is 8.12. The van der Waals surface area contributed by atoms with Gasteiger partial charge in [-0.3, -0.25) is 4.99 Å². The van der Waals surface area contributed by atoms with Crippen LogP contribution in [0.1, 0.15) is 38.5 Å². The average Bonchev–Trinajstić information content (AvgIpc) is 2.87. The van der Waals surface area contributed by atoms with Crippen LogP contribution >= 0.6 is 46.9 Å². The van der Waals surface area contributed by atoms with E-state index in [2.05, 4.69) is 37.1 Å². The Hall–Kier alpha value is -0.0500. The first-order valence-corrected chi connectivity index (χ1v) is 9.50. The van der Waals surface area contributed by atoms with Crippen LogP contribution in [-0.4, -0.2) is 42.7 Å². The molecule has 0 aliphatic rings. The number of aliphatic imine (C=N–C) groups is 1. The van der Waals surface area contributed by atoms with Crippen LogP contribution in [-0.2, 0) is 6.54 Å². The summed E-state index contributed by atoms with van der Waals surface area (Å²) in [6, 6.07) is 3.99. The highest BCUT2D eigenvalue weighted by atomic mass is 127. The number of nitrogens with zero attached hydrogens (tertiary/aromatic N) is 2. The van der Waals surface area contributed by atoms with E-state index in [0.717, 1.165) is 42.8 Å². The maximum absolute atomic E-state index is 9.24. The van der Waals surface area contributed by atoms with Gasteiger partial charge < -0.3 is 15.3 Å². The van der Waals surface area contributed by atoms with Gasteiger partial charge in [0, 0.05) is 31.6 Å². The second-order valence-corrected chi connectivity index (χ2v) is 8.06. The fourth-order valence-electron chi connectivity index (χ4n) is 2.56. The highest BCUT2D eigenvalue weighted by Crippen LogP contribution is 2.22. The zero-order chi connectivity index (χ0) is 17.2. The zero-order valence-corrected chi connectivity index (χ0v) is 19.0. The number of aliphatic hydroxyl groups excluding tert-OH is 1. The Balaban J connectivity index is 0.00000529. The van der Waals surface area contributed by atoms with Gasteiger partial charge in [0.05, 0.1) is 10.9 Å². The van der Waals surface area contributed by atoms with E-state index in [9.17, 15) is 5.11 Å². The van der Waals surface area contributed by atoms with Crippen LogP contribution in [0.4, 0.5) is 0 Å². The molecule has 2 N–H and O–H groups in total. The average molecular weight is 488 g/mol. The monoisotopic (exact) mass is 487 g/mol. The first-order chi connectivity index (χ1) is 11.0. The van der Waals surface area contributed by atoms with Crippen molar-refractivity contribution in [1.82, 2.24) is 10.2 Å². The third-order valence-corrected chi connectivity index (χ3v) is 4.78. The van der Waals surface area contributed by atoms with Crippen molar-refractivity contribution in [2.75, 3.05) is 26.7 Å². The Labute approximate surface area is 172 Å². The molecule has 7 heteroatoms. The Kier molecular flexibility index (Phi) is 13.2. The molecular formula is C17H31ClIN3OS. The number of hydrogen-bond acceptors (Lipinski definition) is 3. The number of thiophene rings is 1. The van der Waals surface area contributed by atoms with Crippen molar-refractivity contribution in [2.45, 2.75) is 40.2 Å². The third kappa shape index (κ3) is 9.44. The normalized spacial score (nSPS) is 12.9. The lowest BCUT2D eigenvalue weighted by Gasteiger charge is -2.23. The van der Waals surface area contributed by atoms with E-state index >= 15 is 0 Å². The van der Waals surface area contributed by atoms with Crippen molar-refractivity contribution >= 4 is 52.9 Å². The molecule has 0 radical (unpaired) electrons. The Morgan fingerprint density at radius 1 is 1.42 bits per heavy atom. The molecular weight excluding hydrogens is 457 g/mol. The minimum Gasteiger partial charge on any atom is -0.396 e. The first-order valence-electron chi connectivity index (χ1n) is 8.30. The lowest BCUT2D eigenvalue weighted by Crippen LogP contribution is -2.38. The van der Waals surface area contributed by atoms with Crippen LogP contribution < -0.4 is 5.32 Å². The largest absolute Gasteiger partial charge is 0.396 e. The predicted octanol–water partition coefficient (Wildman–Crippen LogP) is 4.46. The summed E-state index contributed by atoms with van der Waals surface area (Å²) in [5.41, 5.74) is 0. The van der Waals surface area contributed by atoms with Crippen LogP contribution in [0.25, 0.3) is 0 Å². The molecule has 0 fully saturated rings. The van der Waals surface area contributed by atoms with Gasteiger partial charge in [0.25, 0.3) is 0 Å². The topological polar surface area (TPSA) is 47.9 Å². The van der Waals surface area contributed by atoms with Crippen LogP contribution in [0.15, 0.2) is 17.1 Å². The van der Waals surface area contributed by atoms with Crippen LogP contribution in [0.3, 0.4) is 0 Å². The summed E-state index contributed by atoms with van der Waals surface area (Å²) in [7, 11) is 2.04. The van der Waals surface area contributed by atoms with Gasteiger partial charge in [0.2, 0.25) is 0 Å². The molecule has 0 bridgehead atoms. The Morgan fingerprint density at radius 3 is 2.62 bits per heavy atom. The van der Waals surface area contributed by atoms with E-state index in [-0.39, 0.29) is 30.6 Å². The van der Waals surface area contributed by atoms with Gasteiger partial charge in [0.1, 0.15) is 0 Å². The second-order valence-electron chi connectivity index (χ2n) is 6.26. The summed E-state index contributed by atoms with van der Waals surface area (Å²) in [5.74, 6) is 1.96. The molecule has 0 aliphatic carbocycles. The number of nitrogens with one attached hydrogen (secondary N) is 1. The molecule has 0 aromatic carbocycles.